The van der Waals surface area contributed by atoms with Crippen LogP contribution in [0.25, 0.3) is 10.9 Å². The Morgan fingerprint density at radius 3 is 2.72 bits per heavy atom. The molecule has 1 aromatic carbocycles. The van der Waals surface area contributed by atoms with Crippen molar-refractivity contribution in [2.75, 3.05) is 24.7 Å². The molecule has 0 aliphatic heterocycles. The number of Topliss-reactive ketones (excluding diaryl/α,β-unsaturated/α-hetero) is 1. The van der Waals surface area contributed by atoms with E-state index in [0.717, 1.165) is 31.4 Å². The summed E-state index contributed by atoms with van der Waals surface area (Å²) in [7, 11) is 1.44. The number of carbonyl (C=O) groups is 1. The number of ketones is 1. The molecular weight excluding hydrogens is 411 g/mol. The molecule has 0 unspecified atom stereocenters. The largest absolute Gasteiger partial charge is 0.492 e. The molecule has 1 fully saturated rings. The van der Waals surface area contributed by atoms with Gasteiger partial charge in [-0.25, -0.2) is 4.39 Å². The van der Waals surface area contributed by atoms with Crippen LogP contribution in [0, 0.1) is 12.7 Å². The van der Waals surface area contributed by atoms with Gasteiger partial charge in [0.15, 0.2) is 17.3 Å². The Morgan fingerprint density at radius 2 is 2.12 bits per heavy atom. The number of hydrogen-bond acceptors (Lipinski definition) is 6. The standard InChI is InChI=1S/C24H27FN4O3/c1-13-17(14(2)30)23(31)18-20(26)19(25)21(24(32-3)22(18)29(13)16-9-10-16)28-12-6-8-15-7-4-5-11-27-15/h4-5,7,11,16,28H,6,8-10,12,26H2,1-3H3. The summed E-state index contributed by atoms with van der Waals surface area (Å²) in [5, 5.41) is 3.11. The number of benzene rings is 1. The summed E-state index contributed by atoms with van der Waals surface area (Å²) < 4.78 is 22.9. The number of anilines is 2. The van der Waals surface area contributed by atoms with Crippen molar-refractivity contribution in [3.8, 4) is 5.75 Å². The summed E-state index contributed by atoms with van der Waals surface area (Å²) in [4.78, 5) is 29.7. The first-order valence-electron chi connectivity index (χ1n) is 10.7. The van der Waals surface area contributed by atoms with Gasteiger partial charge in [0.1, 0.15) is 5.69 Å². The highest BCUT2D eigenvalue weighted by atomic mass is 19.1. The molecule has 0 saturated heterocycles. The number of hydrogen-bond donors (Lipinski definition) is 2. The molecule has 1 aliphatic rings. The van der Waals surface area contributed by atoms with E-state index in [0.29, 0.717) is 17.8 Å². The van der Waals surface area contributed by atoms with Crippen LogP contribution in [0.1, 0.15) is 54.0 Å². The quantitative estimate of drug-likeness (QED) is 0.313. The van der Waals surface area contributed by atoms with Crippen molar-refractivity contribution in [3.63, 3.8) is 0 Å². The molecule has 3 N–H and O–H groups in total. The van der Waals surface area contributed by atoms with Gasteiger partial charge in [0.25, 0.3) is 0 Å². The predicted molar refractivity (Wildman–Crippen MR) is 123 cm³/mol. The molecule has 0 amide bonds. The molecule has 1 aliphatic carbocycles. The lowest BCUT2D eigenvalue weighted by atomic mass is 10.0. The Kier molecular flexibility index (Phi) is 5.86. The third-order valence-electron chi connectivity index (χ3n) is 5.93. The molecular formula is C24H27FN4O3. The second-order valence-corrected chi connectivity index (χ2v) is 8.16. The van der Waals surface area contributed by atoms with E-state index in [1.54, 1.807) is 13.1 Å². The number of nitrogens with one attached hydrogen (secondary N) is 1. The fourth-order valence-corrected chi connectivity index (χ4v) is 4.33. The number of aromatic nitrogens is 2. The Labute approximate surface area is 185 Å². The lowest BCUT2D eigenvalue weighted by Crippen LogP contribution is -2.23. The number of aryl methyl sites for hydroxylation is 1. The molecule has 0 bridgehead atoms. The van der Waals surface area contributed by atoms with Crippen molar-refractivity contribution < 1.29 is 13.9 Å². The molecule has 8 heteroatoms. The van der Waals surface area contributed by atoms with Crippen molar-refractivity contribution >= 4 is 28.1 Å². The van der Waals surface area contributed by atoms with Crippen LogP contribution in [0.5, 0.6) is 5.75 Å². The number of halogens is 1. The Hall–Kier alpha value is -3.42. The summed E-state index contributed by atoms with van der Waals surface area (Å²) in [6.07, 6.45) is 5.00. The van der Waals surface area contributed by atoms with Gasteiger partial charge < -0.3 is 20.4 Å². The highest BCUT2D eigenvalue weighted by Crippen LogP contribution is 2.45. The summed E-state index contributed by atoms with van der Waals surface area (Å²) >= 11 is 0. The van der Waals surface area contributed by atoms with Gasteiger partial charge in [-0.1, -0.05) is 6.07 Å². The lowest BCUT2D eigenvalue weighted by molar-refractivity contribution is 0.101. The third kappa shape index (κ3) is 3.70. The minimum atomic E-state index is -0.745. The molecule has 0 radical (unpaired) electrons. The number of pyridine rings is 2. The number of methoxy groups -OCH3 is 1. The zero-order valence-electron chi connectivity index (χ0n) is 18.5. The molecule has 168 valence electrons. The van der Waals surface area contributed by atoms with E-state index in [1.807, 2.05) is 22.8 Å². The van der Waals surface area contributed by atoms with E-state index in [4.69, 9.17) is 10.5 Å². The fourth-order valence-electron chi connectivity index (χ4n) is 4.33. The molecule has 7 nitrogen and oxygen atoms in total. The van der Waals surface area contributed by atoms with Gasteiger partial charge >= 0.3 is 0 Å². The van der Waals surface area contributed by atoms with Crippen molar-refractivity contribution in [3.05, 3.63) is 57.4 Å². The van der Waals surface area contributed by atoms with Gasteiger partial charge in [0, 0.05) is 30.2 Å². The maximum Gasteiger partial charge on any atom is 0.202 e. The highest BCUT2D eigenvalue weighted by molar-refractivity contribution is 6.05. The lowest BCUT2D eigenvalue weighted by Gasteiger charge is -2.23. The van der Waals surface area contributed by atoms with Gasteiger partial charge in [-0.05, 0) is 51.7 Å². The minimum Gasteiger partial charge on any atom is -0.492 e. The van der Waals surface area contributed by atoms with E-state index in [2.05, 4.69) is 10.3 Å². The van der Waals surface area contributed by atoms with E-state index in [9.17, 15) is 9.59 Å². The molecule has 4 rings (SSSR count). The van der Waals surface area contributed by atoms with Crippen molar-refractivity contribution in [2.24, 2.45) is 0 Å². The topological polar surface area (TPSA) is 99.2 Å². The highest BCUT2D eigenvalue weighted by Gasteiger charge is 2.33. The number of fused-ring (bicyclic) bond motifs is 1. The number of carbonyl (C=O) groups excluding carboxylic acids is 1. The van der Waals surface area contributed by atoms with Gasteiger partial charge in [-0.2, -0.15) is 0 Å². The third-order valence-corrected chi connectivity index (χ3v) is 5.93. The average Bonchev–Trinajstić information content (AvgIpc) is 3.60. The van der Waals surface area contributed by atoms with Crippen LogP contribution in [0.4, 0.5) is 15.8 Å². The van der Waals surface area contributed by atoms with Crippen LogP contribution in [0.15, 0.2) is 29.2 Å². The fraction of sp³-hybridized carbons (Fsp3) is 0.375. The Morgan fingerprint density at radius 1 is 1.38 bits per heavy atom. The zero-order chi connectivity index (χ0) is 23.0. The average molecular weight is 439 g/mol. The number of nitrogen functional groups attached to an aromatic ring is 1. The molecule has 0 atom stereocenters. The van der Waals surface area contributed by atoms with E-state index < -0.39 is 11.2 Å². The summed E-state index contributed by atoms with van der Waals surface area (Å²) in [6.45, 7) is 3.55. The summed E-state index contributed by atoms with van der Waals surface area (Å²) in [5.41, 5.74) is 7.44. The number of nitrogens with zero attached hydrogens (tertiary/aromatic N) is 2. The molecule has 32 heavy (non-hydrogen) atoms. The SMILES string of the molecule is COc1c(NCCCc2ccccn2)c(F)c(N)c2c(=O)c(C(C)=O)c(C)n(C3CC3)c12. The molecule has 3 aromatic rings. The smallest absolute Gasteiger partial charge is 0.202 e. The molecule has 2 aromatic heterocycles. The van der Waals surface area contributed by atoms with Crippen LogP contribution in [-0.2, 0) is 6.42 Å². The van der Waals surface area contributed by atoms with Gasteiger partial charge in [0.05, 0.1) is 29.3 Å². The predicted octanol–water partition coefficient (Wildman–Crippen LogP) is 4.02. The van der Waals surface area contributed by atoms with E-state index >= 15 is 4.39 Å². The normalized spacial score (nSPS) is 13.4. The van der Waals surface area contributed by atoms with Crippen molar-refractivity contribution in [2.45, 2.75) is 45.6 Å². The first-order valence-corrected chi connectivity index (χ1v) is 10.7. The van der Waals surface area contributed by atoms with Gasteiger partial charge in [0.2, 0.25) is 5.43 Å². The van der Waals surface area contributed by atoms with E-state index in [-0.39, 0.29) is 39.9 Å². The Bertz CT molecular complexity index is 1250. The molecule has 1 saturated carbocycles. The van der Waals surface area contributed by atoms with Crippen LogP contribution in [0.3, 0.4) is 0 Å². The van der Waals surface area contributed by atoms with Gasteiger partial charge in [-0.3, -0.25) is 14.6 Å². The number of nitrogens with two attached hydrogens (primary N) is 1. The molecule has 2 heterocycles. The maximum absolute atomic E-state index is 15.4. The monoisotopic (exact) mass is 438 g/mol. The Balaban J connectivity index is 1.82. The second-order valence-electron chi connectivity index (χ2n) is 8.16. The van der Waals surface area contributed by atoms with Crippen LogP contribution >= 0.6 is 0 Å². The maximum atomic E-state index is 15.4. The van der Waals surface area contributed by atoms with E-state index in [1.165, 1.54) is 14.0 Å². The first kappa shape index (κ1) is 21.8. The van der Waals surface area contributed by atoms with Crippen molar-refractivity contribution in [1.29, 1.82) is 0 Å². The number of rotatable bonds is 8. The van der Waals surface area contributed by atoms with Crippen LogP contribution in [-0.4, -0.2) is 29.0 Å². The van der Waals surface area contributed by atoms with Crippen LogP contribution < -0.4 is 21.2 Å². The summed E-state index contributed by atoms with van der Waals surface area (Å²) in [6, 6.07) is 5.85. The molecule has 0 spiro atoms. The first-order chi connectivity index (χ1) is 15.4. The van der Waals surface area contributed by atoms with Gasteiger partial charge in [-0.15, -0.1) is 0 Å². The van der Waals surface area contributed by atoms with Crippen molar-refractivity contribution in [1.82, 2.24) is 9.55 Å². The number of ether oxygens (including phenoxy) is 1. The summed E-state index contributed by atoms with van der Waals surface area (Å²) in [5.74, 6) is -0.879. The minimum absolute atomic E-state index is 0.00101. The van der Waals surface area contributed by atoms with Crippen LogP contribution in [0.2, 0.25) is 0 Å². The second kappa shape index (κ2) is 8.61. The zero-order valence-corrected chi connectivity index (χ0v) is 18.5.